The number of urea groups is 1. The van der Waals surface area contributed by atoms with Gasteiger partial charge in [-0.15, -0.1) is 11.8 Å². The number of imide groups is 1. The second kappa shape index (κ2) is 5.49. The van der Waals surface area contributed by atoms with Gasteiger partial charge in [0.15, 0.2) is 0 Å². The Kier molecular flexibility index (Phi) is 3.83. The van der Waals surface area contributed by atoms with E-state index in [0.717, 1.165) is 4.90 Å². The molecule has 3 atom stereocenters. The molecule has 8 heteroatoms. The van der Waals surface area contributed by atoms with Gasteiger partial charge in [-0.25, -0.2) is 4.79 Å². The van der Waals surface area contributed by atoms with E-state index in [9.17, 15) is 14.4 Å². The van der Waals surface area contributed by atoms with Crippen molar-refractivity contribution >= 4 is 29.6 Å². The van der Waals surface area contributed by atoms with Gasteiger partial charge in [-0.05, 0) is 13.8 Å². The van der Waals surface area contributed by atoms with Crippen molar-refractivity contribution in [2.75, 3.05) is 31.3 Å². The van der Waals surface area contributed by atoms with Crippen LogP contribution in [0.15, 0.2) is 0 Å². The van der Waals surface area contributed by atoms with Gasteiger partial charge in [-0.1, -0.05) is 0 Å². The summed E-state index contributed by atoms with van der Waals surface area (Å²) in [6.45, 7) is 4.67. The fourth-order valence-corrected chi connectivity index (χ4v) is 4.17. The summed E-state index contributed by atoms with van der Waals surface area (Å²) in [5.74, 6) is 0.729. The highest BCUT2D eigenvalue weighted by atomic mass is 32.2. The quantitative estimate of drug-likeness (QED) is 0.669. The summed E-state index contributed by atoms with van der Waals surface area (Å²) in [6.07, 6.45) is -0.0515. The minimum absolute atomic E-state index is 0.0257. The van der Waals surface area contributed by atoms with Gasteiger partial charge in [-0.2, -0.15) is 0 Å². The van der Waals surface area contributed by atoms with Crippen LogP contribution in [-0.2, 0) is 14.3 Å². The Morgan fingerprint density at radius 3 is 2.57 bits per heavy atom. The van der Waals surface area contributed by atoms with Crippen LogP contribution in [-0.4, -0.2) is 82.1 Å². The maximum absolute atomic E-state index is 12.4. The first-order chi connectivity index (χ1) is 9.97. The number of rotatable bonds is 2. The van der Waals surface area contributed by atoms with E-state index in [-0.39, 0.29) is 42.6 Å². The lowest BCUT2D eigenvalue weighted by Gasteiger charge is -2.35. The van der Waals surface area contributed by atoms with E-state index in [0.29, 0.717) is 24.7 Å². The Balaban J connectivity index is 1.65. The fraction of sp³-hybridized carbons (Fsp3) is 0.769. The lowest BCUT2D eigenvalue weighted by atomic mass is 10.2. The van der Waals surface area contributed by atoms with Crippen molar-refractivity contribution in [3.05, 3.63) is 0 Å². The molecular formula is C13H19N3O4S. The van der Waals surface area contributed by atoms with Crippen LogP contribution in [0.1, 0.15) is 13.8 Å². The Labute approximate surface area is 127 Å². The Bertz CT molecular complexity index is 454. The fourth-order valence-electron chi connectivity index (χ4n) is 3.03. The SMILES string of the molecule is C[C@@H]1CN(C(=O)CN2C(=O)[C@@H]3CSCN3C2=O)C[C@@H](C)O1. The first-order valence-corrected chi connectivity index (χ1v) is 8.26. The van der Waals surface area contributed by atoms with Gasteiger partial charge in [-0.3, -0.25) is 14.5 Å². The van der Waals surface area contributed by atoms with E-state index < -0.39 is 0 Å². The molecule has 0 aliphatic carbocycles. The molecule has 3 heterocycles. The number of hydrogen-bond acceptors (Lipinski definition) is 5. The molecule has 4 amide bonds. The number of ether oxygens (including phenoxy) is 1. The largest absolute Gasteiger partial charge is 0.372 e. The summed E-state index contributed by atoms with van der Waals surface area (Å²) in [7, 11) is 0. The van der Waals surface area contributed by atoms with Crippen LogP contribution in [0.25, 0.3) is 0 Å². The van der Waals surface area contributed by atoms with Gasteiger partial charge in [0.2, 0.25) is 5.91 Å². The topological polar surface area (TPSA) is 70.2 Å². The Morgan fingerprint density at radius 1 is 1.29 bits per heavy atom. The molecule has 0 unspecified atom stereocenters. The number of morpholine rings is 1. The van der Waals surface area contributed by atoms with Crippen molar-refractivity contribution < 1.29 is 19.1 Å². The lowest BCUT2D eigenvalue weighted by Crippen LogP contribution is -2.52. The number of nitrogens with zero attached hydrogens (tertiary/aromatic N) is 3. The van der Waals surface area contributed by atoms with Crippen molar-refractivity contribution in [1.29, 1.82) is 0 Å². The van der Waals surface area contributed by atoms with Gasteiger partial charge < -0.3 is 14.5 Å². The van der Waals surface area contributed by atoms with E-state index in [1.807, 2.05) is 13.8 Å². The molecule has 0 spiro atoms. The third-order valence-corrected chi connectivity index (χ3v) is 4.99. The molecule has 116 valence electrons. The molecule has 0 saturated carbocycles. The lowest BCUT2D eigenvalue weighted by molar-refractivity contribution is -0.146. The summed E-state index contributed by atoms with van der Waals surface area (Å²) < 4.78 is 5.59. The number of amides is 4. The van der Waals surface area contributed by atoms with E-state index in [1.165, 1.54) is 0 Å². The van der Waals surface area contributed by atoms with Crippen LogP contribution in [0, 0.1) is 0 Å². The molecule has 7 nitrogen and oxygen atoms in total. The molecule has 3 aliphatic heterocycles. The normalized spacial score (nSPS) is 32.9. The smallest absolute Gasteiger partial charge is 0.328 e. The predicted octanol–water partition coefficient (Wildman–Crippen LogP) is -0.0407. The average Bonchev–Trinajstić information content (AvgIpc) is 2.97. The molecule has 3 rings (SSSR count). The van der Waals surface area contributed by atoms with E-state index in [1.54, 1.807) is 21.6 Å². The maximum Gasteiger partial charge on any atom is 0.328 e. The van der Waals surface area contributed by atoms with Crippen LogP contribution in [0.3, 0.4) is 0 Å². The molecule has 3 saturated heterocycles. The minimum atomic E-state index is -0.377. The van der Waals surface area contributed by atoms with Crippen molar-refractivity contribution in [3.8, 4) is 0 Å². The average molecular weight is 313 g/mol. The highest BCUT2D eigenvalue weighted by Crippen LogP contribution is 2.29. The van der Waals surface area contributed by atoms with Gasteiger partial charge in [0.25, 0.3) is 5.91 Å². The van der Waals surface area contributed by atoms with E-state index in [4.69, 9.17) is 4.74 Å². The van der Waals surface area contributed by atoms with Gasteiger partial charge in [0, 0.05) is 18.8 Å². The van der Waals surface area contributed by atoms with Gasteiger partial charge in [0.1, 0.15) is 12.6 Å². The molecule has 0 bridgehead atoms. The Hall–Kier alpha value is -1.28. The minimum Gasteiger partial charge on any atom is -0.372 e. The number of carbonyl (C=O) groups excluding carboxylic acids is 3. The second-order valence-electron chi connectivity index (χ2n) is 5.75. The van der Waals surface area contributed by atoms with E-state index in [2.05, 4.69) is 0 Å². The van der Waals surface area contributed by atoms with Crippen molar-refractivity contribution in [2.45, 2.75) is 32.1 Å². The van der Waals surface area contributed by atoms with Gasteiger partial charge >= 0.3 is 6.03 Å². The third kappa shape index (κ3) is 2.62. The first kappa shape index (κ1) is 14.6. The maximum atomic E-state index is 12.4. The van der Waals surface area contributed by atoms with Crippen molar-refractivity contribution in [1.82, 2.24) is 14.7 Å². The predicted molar refractivity (Wildman–Crippen MR) is 76.7 cm³/mol. The summed E-state index contributed by atoms with van der Waals surface area (Å²) in [6, 6.07) is -0.712. The molecule has 3 aliphatic rings. The highest BCUT2D eigenvalue weighted by molar-refractivity contribution is 7.99. The van der Waals surface area contributed by atoms with E-state index >= 15 is 0 Å². The molecule has 0 aromatic carbocycles. The Morgan fingerprint density at radius 2 is 1.95 bits per heavy atom. The highest BCUT2D eigenvalue weighted by Gasteiger charge is 2.48. The number of carbonyl (C=O) groups is 3. The van der Waals surface area contributed by atoms with Gasteiger partial charge in [0.05, 0.1) is 18.1 Å². The van der Waals surface area contributed by atoms with Crippen LogP contribution in [0.4, 0.5) is 4.79 Å². The van der Waals surface area contributed by atoms with Crippen molar-refractivity contribution in [3.63, 3.8) is 0 Å². The molecule has 0 radical (unpaired) electrons. The first-order valence-electron chi connectivity index (χ1n) is 7.10. The standard InChI is InChI=1S/C13H19N3O4S/c1-8-3-14(4-9(2)20-8)11(17)5-15-12(18)10-6-21-7-16(10)13(15)19/h8-10H,3-7H2,1-2H3/t8-,9-,10+/m1/s1. The monoisotopic (exact) mass is 313 g/mol. The van der Waals surface area contributed by atoms with Crippen molar-refractivity contribution in [2.24, 2.45) is 0 Å². The summed E-state index contributed by atoms with van der Waals surface area (Å²) in [5.41, 5.74) is 0. The van der Waals surface area contributed by atoms with Crippen LogP contribution < -0.4 is 0 Å². The summed E-state index contributed by atoms with van der Waals surface area (Å²) in [4.78, 5) is 41.0. The number of thioether (sulfide) groups is 1. The second-order valence-corrected chi connectivity index (χ2v) is 6.75. The molecule has 0 N–H and O–H groups in total. The van der Waals surface area contributed by atoms with Crippen LogP contribution >= 0.6 is 11.8 Å². The zero-order valence-corrected chi connectivity index (χ0v) is 13.0. The number of hydrogen-bond donors (Lipinski definition) is 0. The molecule has 21 heavy (non-hydrogen) atoms. The third-order valence-electron chi connectivity index (χ3n) is 3.98. The number of fused-ring (bicyclic) bond motifs is 1. The molecule has 0 aromatic rings. The van der Waals surface area contributed by atoms with Crippen LogP contribution in [0.5, 0.6) is 0 Å². The summed E-state index contributed by atoms with van der Waals surface area (Å²) >= 11 is 1.57. The van der Waals surface area contributed by atoms with Crippen LogP contribution in [0.2, 0.25) is 0 Å². The summed E-state index contributed by atoms with van der Waals surface area (Å²) in [5, 5.41) is 0. The molecule has 3 fully saturated rings. The molecule has 0 aromatic heterocycles. The zero-order chi connectivity index (χ0) is 15.1. The zero-order valence-electron chi connectivity index (χ0n) is 12.2. The molecular weight excluding hydrogens is 294 g/mol.